The summed E-state index contributed by atoms with van der Waals surface area (Å²) in [4.78, 5) is 0. The lowest BCUT2D eigenvalue weighted by Crippen LogP contribution is -2.23. The maximum atomic E-state index is 13.2. The summed E-state index contributed by atoms with van der Waals surface area (Å²) in [6.07, 6.45) is -0.0324. The van der Waals surface area contributed by atoms with E-state index in [1.165, 1.54) is 19.2 Å². The smallest absolute Gasteiger partial charge is 0.163 e. The number of methoxy groups -OCH3 is 1. The molecule has 0 aromatic heterocycles. The monoisotopic (exact) mass is 245 g/mol. The molecule has 3 nitrogen and oxygen atoms in total. The number of nitrogens with one attached hydrogen (secondary N) is 1. The topological polar surface area (TPSA) is 41.5 Å². The normalized spacial score (nSPS) is 12.7. The summed E-state index contributed by atoms with van der Waals surface area (Å²) >= 11 is 0. The van der Waals surface area contributed by atoms with Gasteiger partial charge in [-0.25, -0.2) is 8.78 Å². The van der Waals surface area contributed by atoms with Gasteiger partial charge in [0.25, 0.3) is 0 Å². The third kappa shape index (κ3) is 4.77. The third-order valence-corrected chi connectivity index (χ3v) is 2.36. The summed E-state index contributed by atoms with van der Waals surface area (Å²) in [6, 6.07) is 4.08. The number of hydrogen-bond acceptors (Lipinski definition) is 3. The summed E-state index contributed by atoms with van der Waals surface area (Å²) < 4.78 is 30.8. The second-order valence-corrected chi connectivity index (χ2v) is 3.79. The molecule has 1 rings (SSSR count). The number of halogens is 2. The van der Waals surface area contributed by atoms with Crippen LogP contribution in [0.2, 0.25) is 0 Å². The van der Waals surface area contributed by atoms with Gasteiger partial charge in [-0.15, -0.1) is 0 Å². The molecule has 1 aromatic carbocycles. The SMILES string of the molecule is COCC(O)CCNCc1cccc(F)c1F. The Balaban J connectivity index is 2.29. The molecular formula is C12H17F2NO2. The molecule has 0 saturated carbocycles. The number of rotatable bonds is 7. The maximum absolute atomic E-state index is 13.2. The van der Waals surface area contributed by atoms with Crippen LogP contribution in [0.3, 0.4) is 0 Å². The first-order valence-corrected chi connectivity index (χ1v) is 5.45. The van der Waals surface area contributed by atoms with E-state index < -0.39 is 17.7 Å². The molecule has 2 N–H and O–H groups in total. The Hall–Kier alpha value is -1.04. The van der Waals surface area contributed by atoms with Crippen molar-refractivity contribution in [3.8, 4) is 0 Å². The molecule has 96 valence electrons. The van der Waals surface area contributed by atoms with E-state index in [9.17, 15) is 13.9 Å². The number of benzene rings is 1. The van der Waals surface area contributed by atoms with Gasteiger partial charge >= 0.3 is 0 Å². The molecule has 0 aliphatic heterocycles. The van der Waals surface area contributed by atoms with Crippen LogP contribution in [0.1, 0.15) is 12.0 Å². The lowest BCUT2D eigenvalue weighted by atomic mass is 10.2. The van der Waals surface area contributed by atoms with Gasteiger partial charge in [0.05, 0.1) is 12.7 Å². The number of aliphatic hydroxyl groups is 1. The summed E-state index contributed by atoms with van der Waals surface area (Å²) in [7, 11) is 1.51. The zero-order valence-electron chi connectivity index (χ0n) is 9.75. The summed E-state index contributed by atoms with van der Waals surface area (Å²) in [6.45, 7) is 1.03. The molecule has 1 unspecified atom stereocenters. The molecule has 0 saturated heterocycles. The molecular weight excluding hydrogens is 228 g/mol. The quantitative estimate of drug-likeness (QED) is 0.714. The van der Waals surface area contributed by atoms with Gasteiger partial charge in [0.15, 0.2) is 11.6 Å². The zero-order chi connectivity index (χ0) is 12.7. The predicted molar refractivity (Wildman–Crippen MR) is 60.6 cm³/mol. The second-order valence-electron chi connectivity index (χ2n) is 3.79. The molecule has 1 aromatic rings. The Morgan fingerprint density at radius 1 is 1.41 bits per heavy atom. The van der Waals surface area contributed by atoms with E-state index in [1.807, 2.05) is 0 Å². The lowest BCUT2D eigenvalue weighted by molar-refractivity contribution is 0.0594. The minimum absolute atomic E-state index is 0.239. The van der Waals surface area contributed by atoms with Crippen molar-refractivity contribution in [3.05, 3.63) is 35.4 Å². The highest BCUT2D eigenvalue weighted by molar-refractivity contribution is 5.18. The molecule has 5 heteroatoms. The molecule has 0 aliphatic carbocycles. The third-order valence-electron chi connectivity index (χ3n) is 2.36. The van der Waals surface area contributed by atoms with E-state index in [0.717, 1.165) is 6.07 Å². The van der Waals surface area contributed by atoms with Crippen LogP contribution in [0.25, 0.3) is 0 Å². The first-order chi connectivity index (χ1) is 8.15. The summed E-state index contributed by atoms with van der Waals surface area (Å²) in [5, 5.41) is 12.3. The molecule has 0 radical (unpaired) electrons. The Labute approximate surface area is 99.4 Å². The average Bonchev–Trinajstić information content (AvgIpc) is 2.30. The molecule has 0 amide bonds. The minimum atomic E-state index is -0.844. The van der Waals surface area contributed by atoms with Gasteiger partial charge in [-0.1, -0.05) is 12.1 Å². The van der Waals surface area contributed by atoms with E-state index in [0.29, 0.717) is 13.0 Å². The Morgan fingerprint density at radius 2 is 2.18 bits per heavy atom. The molecule has 1 atom stereocenters. The van der Waals surface area contributed by atoms with Crippen molar-refractivity contribution in [3.63, 3.8) is 0 Å². The fourth-order valence-corrected chi connectivity index (χ4v) is 1.45. The van der Waals surface area contributed by atoms with Crippen LogP contribution < -0.4 is 5.32 Å². The van der Waals surface area contributed by atoms with Crippen molar-refractivity contribution in [2.45, 2.75) is 19.1 Å². The van der Waals surface area contributed by atoms with E-state index >= 15 is 0 Å². The van der Waals surface area contributed by atoms with Gasteiger partial charge in [0, 0.05) is 19.2 Å². The van der Waals surface area contributed by atoms with Crippen molar-refractivity contribution < 1.29 is 18.6 Å². The average molecular weight is 245 g/mol. The molecule has 0 aliphatic rings. The molecule has 0 bridgehead atoms. The highest BCUT2D eigenvalue weighted by Gasteiger charge is 2.07. The summed E-state index contributed by atoms with van der Waals surface area (Å²) in [5.74, 6) is -1.67. The van der Waals surface area contributed by atoms with Gasteiger partial charge in [-0.3, -0.25) is 0 Å². The van der Waals surface area contributed by atoms with E-state index in [2.05, 4.69) is 5.32 Å². The molecule has 0 fully saturated rings. The molecule has 0 heterocycles. The van der Waals surface area contributed by atoms with Gasteiger partial charge in [0.2, 0.25) is 0 Å². The maximum Gasteiger partial charge on any atom is 0.163 e. The van der Waals surface area contributed by atoms with Crippen molar-refractivity contribution >= 4 is 0 Å². The van der Waals surface area contributed by atoms with Crippen molar-refractivity contribution in [2.75, 3.05) is 20.3 Å². The highest BCUT2D eigenvalue weighted by atomic mass is 19.2. The van der Waals surface area contributed by atoms with Crippen LogP contribution in [-0.2, 0) is 11.3 Å². The van der Waals surface area contributed by atoms with Gasteiger partial charge in [-0.05, 0) is 19.0 Å². The molecule has 17 heavy (non-hydrogen) atoms. The van der Waals surface area contributed by atoms with Gasteiger partial charge in [0.1, 0.15) is 0 Å². The molecule has 0 spiro atoms. The number of aliphatic hydroxyl groups excluding tert-OH is 1. The fourth-order valence-electron chi connectivity index (χ4n) is 1.45. The Morgan fingerprint density at radius 3 is 2.88 bits per heavy atom. The fraction of sp³-hybridized carbons (Fsp3) is 0.500. The second kappa shape index (κ2) is 7.32. The van der Waals surface area contributed by atoms with Crippen molar-refractivity contribution in [1.82, 2.24) is 5.32 Å². The van der Waals surface area contributed by atoms with Crippen LogP contribution in [0.15, 0.2) is 18.2 Å². The first-order valence-electron chi connectivity index (χ1n) is 5.45. The van der Waals surface area contributed by atoms with Crippen molar-refractivity contribution in [1.29, 1.82) is 0 Å². The minimum Gasteiger partial charge on any atom is -0.391 e. The van der Waals surface area contributed by atoms with Crippen LogP contribution in [-0.4, -0.2) is 31.5 Å². The van der Waals surface area contributed by atoms with Crippen molar-refractivity contribution in [2.24, 2.45) is 0 Å². The van der Waals surface area contributed by atoms with E-state index in [1.54, 1.807) is 0 Å². The van der Waals surface area contributed by atoms with Gasteiger partial charge < -0.3 is 15.2 Å². The Kier molecular flexibility index (Phi) is 6.04. The number of hydrogen-bond donors (Lipinski definition) is 2. The predicted octanol–water partition coefficient (Wildman–Crippen LogP) is 1.45. The van der Waals surface area contributed by atoms with Crippen LogP contribution in [0, 0.1) is 11.6 Å². The highest BCUT2D eigenvalue weighted by Crippen LogP contribution is 2.10. The standard InChI is InChI=1S/C12H17F2NO2/c1-17-8-10(16)5-6-15-7-9-3-2-4-11(13)12(9)14/h2-4,10,15-16H,5-8H2,1H3. The zero-order valence-corrected chi connectivity index (χ0v) is 9.75. The Bertz CT molecular complexity index is 347. The van der Waals surface area contributed by atoms with E-state index in [4.69, 9.17) is 4.74 Å². The van der Waals surface area contributed by atoms with Crippen LogP contribution in [0.4, 0.5) is 8.78 Å². The summed E-state index contributed by atoms with van der Waals surface area (Å²) in [5.41, 5.74) is 0.284. The largest absolute Gasteiger partial charge is 0.391 e. The van der Waals surface area contributed by atoms with Crippen LogP contribution in [0.5, 0.6) is 0 Å². The van der Waals surface area contributed by atoms with Crippen LogP contribution >= 0.6 is 0 Å². The van der Waals surface area contributed by atoms with E-state index in [-0.39, 0.29) is 18.7 Å². The van der Waals surface area contributed by atoms with Gasteiger partial charge in [-0.2, -0.15) is 0 Å². The number of ether oxygens (including phenoxy) is 1. The lowest BCUT2D eigenvalue weighted by Gasteiger charge is -2.10. The first kappa shape index (κ1) is 14.0.